The van der Waals surface area contributed by atoms with Crippen molar-refractivity contribution in [3.8, 4) is 16.5 Å². The standard InChI is InChI=1S/C21H19N3O3S/c1-13-7-10-18(28-13)21-24-23-20(27-21)12-22-19(25)11-14-8-9-17(26-2)16-6-4-3-5-15(14)16/h3-10H,11-12H2,1-2H3,(H,22,25). The molecule has 0 aliphatic rings. The van der Waals surface area contributed by atoms with Gasteiger partial charge in [0, 0.05) is 10.3 Å². The molecule has 0 aliphatic heterocycles. The fourth-order valence-electron chi connectivity index (χ4n) is 3.05. The molecule has 0 aliphatic carbocycles. The first-order valence-electron chi connectivity index (χ1n) is 8.84. The van der Waals surface area contributed by atoms with Gasteiger partial charge in [-0.3, -0.25) is 4.79 Å². The lowest BCUT2D eigenvalue weighted by molar-refractivity contribution is -0.120. The minimum Gasteiger partial charge on any atom is -0.496 e. The highest BCUT2D eigenvalue weighted by atomic mass is 32.1. The molecule has 28 heavy (non-hydrogen) atoms. The molecule has 1 N–H and O–H groups in total. The number of nitrogens with one attached hydrogen (secondary N) is 1. The second-order valence-corrected chi connectivity index (χ2v) is 7.63. The molecule has 0 radical (unpaired) electrons. The van der Waals surface area contributed by atoms with Crippen LogP contribution in [0.4, 0.5) is 0 Å². The Hall–Kier alpha value is -3.19. The first-order valence-corrected chi connectivity index (χ1v) is 9.66. The van der Waals surface area contributed by atoms with Crippen molar-refractivity contribution in [2.24, 2.45) is 0 Å². The molecule has 2 heterocycles. The van der Waals surface area contributed by atoms with Crippen LogP contribution in [0.3, 0.4) is 0 Å². The Kier molecular flexibility index (Phi) is 5.08. The lowest BCUT2D eigenvalue weighted by atomic mass is 10.0. The van der Waals surface area contributed by atoms with E-state index in [1.165, 1.54) is 4.88 Å². The summed E-state index contributed by atoms with van der Waals surface area (Å²) >= 11 is 1.59. The van der Waals surface area contributed by atoms with Crippen LogP contribution in [0.2, 0.25) is 0 Å². The number of amides is 1. The molecule has 142 valence electrons. The number of methoxy groups -OCH3 is 1. The fraction of sp³-hybridized carbons (Fsp3) is 0.190. The predicted molar refractivity (Wildman–Crippen MR) is 108 cm³/mol. The number of hydrogen-bond acceptors (Lipinski definition) is 6. The van der Waals surface area contributed by atoms with Gasteiger partial charge in [0.15, 0.2) is 0 Å². The summed E-state index contributed by atoms with van der Waals surface area (Å²) in [6.45, 7) is 2.22. The molecule has 0 atom stereocenters. The molecule has 1 amide bonds. The van der Waals surface area contributed by atoms with Crippen molar-refractivity contribution >= 4 is 28.0 Å². The Labute approximate surface area is 166 Å². The average Bonchev–Trinajstić information content (AvgIpc) is 3.35. The number of thiophene rings is 1. The van der Waals surface area contributed by atoms with Crippen molar-refractivity contribution in [3.05, 3.63) is 64.9 Å². The molecule has 0 spiro atoms. The van der Waals surface area contributed by atoms with E-state index in [2.05, 4.69) is 15.5 Å². The molecule has 4 rings (SSSR count). The van der Waals surface area contributed by atoms with Crippen LogP contribution in [0.15, 0.2) is 52.9 Å². The highest BCUT2D eigenvalue weighted by molar-refractivity contribution is 7.15. The Bertz CT molecular complexity index is 1130. The van der Waals surface area contributed by atoms with E-state index >= 15 is 0 Å². The van der Waals surface area contributed by atoms with Gasteiger partial charge in [-0.2, -0.15) is 0 Å². The number of aryl methyl sites for hydroxylation is 1. The Morgan fingerprint density at radius 2 is 1.93 bits per heavy atom. The van der Waals surface area contributed by atoms with E-state index in [0.29, 0.717) is 11.8 Å². The average molecular weight is 393 g/mol. The summed E-state index contributed by atoms with van der Waals surface area (Å²) in [5.74, 6) is 1.54. The minimum atomic E-state index is -0.109. The number of fused-ring (bicyclic) bond motifs is 1. The van der Waals surface area contributed by atoms with Crippen molar-refractivity contribution in [2.75, 3.05) is 7.11 Å². The van der Waals surface area contributed by atoms with Crippen molar-refractivity contribution in [1.82, 2.24) is 15.5 Å². The van der Waals surface area contributed by atoms with Crippen LogP contribution in [0.5, 0.6) is 5.75 Å². The first-order chi connectivity index (χ1) is 13.6. The van der Waals surface area contributed by atoms with Gasteiger partial charge < -0.3 is 14.5 Å². The van der Waals surface area contributed by atoms with Gasteiger partial charge in [0.25, 0.3) is 5.89 Å². The topological polar surface area (TPSA) is 77.2 Å². The van der Waals surface area contributed by atoms with Crippen LogP contribution in [0, 0.1) is 6.92 Å². The van der Waals surface area contributed by atoms with Crippen molar-refractivity contribution in [2.45, 2.75) is 19.9 Å². The van der Waals surface area contributed by atoms with Crippen LogP contribution >= 0.6 is 11.3 Å². The van der Waals surface area contributed by atoms with Crippen LogP contribution < -0.4 is 10.1 Å². The zero-order valence-electron chi connectivity index (χ0n) is 15.6. The first kappa shape index (κ1) is 18.2. The van der Waals surface area contributed by atoms with Gasteiger partial charge in [-0.1, -0.05) is 30.3 Å². The summed E-state index contributed by atoms with van der Waals surface area (Å²) in [5.41, 5.74) is 0.939. The number of carbonyl (C=O) groups is 1. The maximum absolute atomic E-state index is 12.4. The van der Waals surface area contributed by atoms with Gasteiger partial charge in [0.2, 0.25) is 11.8 Å². The molecule has 6 nitrogen and oxygen atoms in total. The molecule has 0 fully saturated rings. The molecule has 4 aromatic rings. The summed E-state index contributed by atoms with van der Waals surface area (Å²) in [6.07, 6.45) is 0.260. The van der Waals surface area contributed by atoms with Gasteiger partial charge in [0.1, 0.15) is 5.75 Å². The smallest absolute Gasteiger partial charge is 0.257 e. The van der Waals surface area contributed by atoms with Crippen LogP contribution in [-0.4, -0.2) is 23.2 Å². The number of rotatable bonds is 6. The molecule has 2 aromatic heterocycles. The molecular weight excluding hydrogens is 374 g/mol. The van der Waals surface area contributed by atoms with E-state index < -0.39 is 0 Å². The maximum atomic E-state index is 12.4. The third-order valence-electron chi connectivity index (χ3n) is 4.40. The molecule has 7 heteroatoms. The highest BCUT2D eigenvalue weighted by Gasteiger charge is 2.13. The number of nitrogens with zero attached hydrogens (tertiary/aromatic N) is 2. The molecule has 0 bridgehead atoms. The zero-order valence-corrected chi connectivity index (χ0v) is 16.4. The normalized spacial score (nSPS) is 10.9. The van der Waals surface area contributed by atoms with Gasteiger partial charge in [-0.25, -0.2) is 0 Å². The zero-order chi connectivity index (χ0) is 19.5. The molecule has 0 saturated carbocycles. The number of ether oxygens (including phenoxy) is 1. The predicted octanol–water partition coefficient (Wildman–Crippen LogP) is 4.13. The molecular formula is C21H19N3O3S. The lowest BCUT2D eigenvalue weighted by Crippen LogP contribution is -2.24. The van der Waals surface area contributed by atoms with Crippen molar-refractivity contribution in [1.29, 1.82) is 0 Å². The second kappa shape index (κ2) is 7.82. The van der Waals surface area contributed by atoms with Crippen molar-refractivity contribution < 1.29 is 13.9 Å². The lowest BCUT2D eigenvalue weighted by Gasteiger charge is -2.10. The number of benzene rings is 2. The van der Waals surface area contributed by atoms with E-state index in [-0.39, 0.29) is 18.9 Å². The molecule has 0 saturated heterocycles. The van der Waals surface area contributed by atoms with Crippen LogP contribution in [0.25, 0.3) is 21.5 Å². The minimum absolute atomic E-state index is 0.109. The second-order valence-electron chi connectivity index (χ2n) is 6.34. The largest absolute Gasteiger partial charge is 0.496 e. The SMILES string of the molecule is COc1ccc(CC(=O)NCc2nnc(-c3ccc(C)s3)o2)c2ccccc12. The van der Waals surface area contributed by atoms with E-state index in [4.69, 9.17) is 9.15 Å². The van der Waals surface area contributed by atoms with E-state index in [1.54, 1.807) is 18.4 Å². The van der Waals surface area contributed by atoms with Gasteiger partial charge in [-0.05, 0) is 36.1 Å². The Morgan fingerprint density at radius 3 is 2.68 bits per heavy atom. The van der Waals surface area contributed by atoms with E-state index in [9.17, 15) is 4.79 Å². The number of aromatic nitrogens is 2. The summed E-state index contributed by atoms with van der Waals surface area (Å²) in [5, 5.41) is 12.9. The van der Waals surface area contributed by atoms with Crippen molar-refractivity contribution in [3.63, 3.8) is 0 Å². The van der Waals surface area contributed by atoms with Gasteiger partial charge in [-0.15, -0.1) is 21.5 Å². The summed E-state index contributed by atoms with van der Waals surface area (Å²) in [6, 6.07) is 15.7. The Balaban J connectivity index is 1.43. The highest BCUT2D eigenvalue weighted by Crippen LogP contribution is 2.29. The quantitative estimate of drug-likeness (QED) is 0.533. The number of carbonyl (C=O) groups excluding carboxylic acids is 1. The Morgan fingerprint density at radius 1 is 1.11 bits per heavy atom. The maximum Gasteiger partial charge on any atom is 0.257 e. The van der Waals surface area contributed by atoms with Gasteiger partial charge in [0.05, 0.1) is 25.0 Å². The van der Waals surface area contributed by atoms with Crippen LogP contribution in [0.1, 0.15) is 16.3 Å². The fourth-order valence-corrected chi connectivity index (χ4v) is 3.84. The summed E-state index contributed by atoms with van der Waals surface area (Å²) < 4.78 is 11.0. The summed E-state index contributed by atoms with van der Waals surface area (Å²) in [4.78, 5) is 14.5. The third-order valence-corrected chi connectivity index (χ3v) is 5.39. The molecule has 0 unspecified atom stereocenters. The summed E-state index contributed by atoms with van der Waals surface area (Å²) in [7, 11) is 1.64. The van der Waals surface area contributed by atoms with E-state index in [0.717, 1.165) is 27.0 Å². The number of hydrogen-bond donors (Lipinski definition) is 1. The van der Waals surface area contributed by atoms with Crippen LogP contribution in [-0.2, 0) is 17.8 Å². The van der Waals surface area contributed by atoms with E-state index in [1.807, 2.05) is 55.5 Å². The molecule has 2 aromatic carbocycles. The monoisotopic (exact) mass is 393 g/mol. The third kappa shape index (κ3) is 3.75. The van der Waals surface area contributed by atoms with Gasteiger partial charge >= 0.3 is 0 Å².